The predicted octanol–water partition coefficient (Wildman–Crippen LogP) is 2.67. The molecular weight excluding hydrogens is 374 g/mol. The summed E-state index contributed by atoms with van der Waals surface area (Å²) in [5, 5.41) is 2.92. The van der Waals surface area contributed by atoms with Crippen molar-refractivity contribution < 1.29 is 27.9 Å². The molecule has 27 heavy (non-hydrogen) atoms. The molecule has 2 aromatic rings. The summed E-state index contributed by atoms with van der Waals surface area (Å²) >= 11 is 1.57. The lowest BCUT2D eigenvalue weighted by Gasteiger charge is -2.16. The average Bonchev–Trinajstić information content (AvgIpc) is 2.62. The fraction of sp³-hybridized carbons (Fsp3) is 0.316. The zero-order valence-corrected chi connectivity index (χ0v) is 16.2. The second-order valence-corrected chi connectivity index (χ2v) is 6.77. The predicted molar refractivity (Wildman–Crippen MR) is 102 cm³/mol. The zero-order valence-electron chi connectivity index (χ0n) is 15.4. The molecule has 0 aliphatic carbocycles. The van der Waals surface area contributed by atoms with E-state index in [1.54, 1.807) is 23.9 Å². The third kappa shape index (κ3) is 6.41. The minimum atomic E-state index is -2.91. The largest absolute Gasteiger partial charge is 0.493 e. The first-order chi connectivity index (χ1) is 12.9. The van der Waals surface area contributed by atoms with E-state index in [-0.39, 0.29) is 24.0 Å². The zero-order chi connectivity index (χ0) is 19.8. The van der Waals surface area contributed by atoms with Crippen LogP contribution in [0.25, 0.3) is 0 Å². The van der Waals surface area contributed by atoms with Crippen molar-refractivity contribution in [3.63, 3.8) is 0 Å². The molecule has 1 unspecified atom stereocenters. The van der Waals surface area contributed by atoms with E-state index >= 15 is 0 Å². The highest BCUT2D eigenvalue weighted by Gasteiger charge is 2.15. The summed E-state index contributed by atoms with van der Waals surface area (Å²) < 4.78 is 34.3. The van der Waals surface area contributed by atoms with Gasteiger partial charge < -0.3 is 19.7 Å². The quantitative estimate of drug-likeness (QED) is 0.639. The van der Waals surface area contributed by atoms with E-state index in [0.29, 0.717) is 6.54 Å². The summed E-state index contributed by atoms with van der Waals surface area (Å²) in [6.45, 7) is -2.12. The van der Waals surface area contributed by atoms with Crippen molar-refractivity contribution in [2.75, 3.05) is 32.3 Å². The maximum Gasteiger partial charge on any atom is 0.387 e. The number of benzene rings is 2. The van der Waals surface area contributed by atoms with Crippen LogP contribution in [-0.2, 0) is 11.3 Å². The number of thioether (sulfide) groups is 1. The molecule has 0 bridgehead atoms. The molecule has 0 aromatic heterocycles. The smallest absolute Gasteiger partial charge is 0.387 e. The number of methoxy groups -OCH3 is 1. The van der Waals surface area contributed by atoms with Crippen molar-refractivity contribution >= 4 is 23.4 Å². The maximum absolute atomic E-state index is 12.4. The normalized spacial score (nSPS) is 11.9. The van der Waals surface area contributed by atoms with Crippen LogP contribution in [0.1, 0.15) is 5.56 Å². The molecular formula is C19H23F2N2O3S+. The highest BCUT2D eigenvalue weighted by molar-refractivity contribution is 7.98. The summed E-state index contributed by atoms with van der Waals surface area (Å²) in [6, 6.07) is 12.4. The van der Waals surface area contributed by atoms with E-state index in [0.717, 1.165) is 21.0 Å². The van der Waals surface area contributed by atoms with Gasteiger partial charge in [-0.1, -0.05) is 12.1 Å². The number of carbonyl (C=O) groups excluding carboxylic acids is 1. The Morgan fingerprint density at radius 2 is 1.96 bits per heavy atom. The van der Waals surface area contributed by atoms with Crippen LogP contribution in [0.5, 0.6) is 11.5 Å². The van der Waals surface area contributed by atoms with Gasteiger partial charge in [0.05, 0.1) is 19.8 Å². The van der Waals surface area contributed by atoms with Gasteiger partial charge in [-0.2, -0.15) is 8.78 Å². The van der Waals surface area contributed by atoms with E-state index in [1.807, 2.05) is 37.6 Å². The van der Waals surface area contributed by atoms with Crippen LogP contribution in [-0.4, -0.2) is 39.5 Å². The summed E-state index contributed by atoms with van der Waals surface area (Å²) in [5.41, 5.74) is 1.64. The minimum Gasteiger partial charge on any atom is -0.493 e. The summed E-state index contributed by atoms with van der Waals surface area (Å²) in [6.07, 6.45) is 1.96. The number of amides is 1. The van der Waals surface area contributed by atoms with Crippen molar-refractivity contribution in [1.82, 2.24) is 0 Å². The van der Waals surface area contributed by atoms with Gasteiger partial charge in [-0.05, 0) is 36.6 Å². The molecule has 0 spiro atoms. The SMILES string of the molecule is COc1cc(C[NH+](C)CC(=O)Nc2ccccc2SC)ccc1OC(F)F. The first kappa shape index (κ1) is 21.0. The molecule has 2 rings (SSSR count). The number of rotatable bonds is 9. The molecule has 0 radical (unpaired) electrons. The van der Waals surface area contributed by atoms with Gasteiger partial charge >= 0.3 is 6.61 Å². The topological polar surface area (TPSA) is 52.0 Å². The molecule has 0 heterocycles. The molecule has 5 nitrogen and oxygen atoms in total. The Bertz CT molecular complexity index is 774. The first-order valence-electron chi connectivity index (χ1n) is 8.28. The van der Waals surface area contributed by atoms with Gasteiger partial charge in [0, 0.05) is 10.5 Å². The second kappa shape index (κ2) is 10.1. The van der Waals surface area contributed by atoms with Crippen LogP contribution in [0, 0.1) is 0 Å². The monoisotopic (exact) mass is 397 g/mol. The van der Waals surface area contributed by atoms with Gasteiger partial charge in [-0.15, -0.1) is 11.8 Å². The number of anilines is 1. The van der Waals surface area contributed by atoms with Crippen molar-refractivity contribution in [2.24, 2.45) is 0 Å². The molecule has 0 aliphatic rings. The standard InChI is InChI=1S/C19H22F2N2O3S/c1-23(12-18(24)22-14-6-4-5-7-17(14)27-3)11-13-8-9-15(26-19(20)21)16(10-13)25-2/h4-10,19H,11-12H2,1-3H3,(H,22,24)/p+1. The summed E-state index contributed by atoms with van der Waals surface area (Å²) in [7, 11) is 3.28. The Labute approximate surface area is 161 Å². The molecule has 0 aliphatic heterocycles. The van der Waals surface area contributed by atoms with Gasteiger partial charge in [0.1, 0.15) is 6.54 Å². The lowest BCUT2D eigenvalue weighted by atomic mass is 10.2. The fourth-order valence-corrected chi connectivity index (χ4v) is 3.20. The van der Waals surface area contributed by atoms with E-state index in [9.17, 15) is 13.6 Å². The summed E-state index contributed by atoms with van der Waals surface area (Å²) in [4.78, 5) is 14.3. The van der Waals surface area contributed by atoms with Crippen LogP contribution in [0.15, 0.2) is 47.4 Å². The number of halogens is 2. The number of hydrogen-bond acceptors (Lipinski definition) is 4. The van der Waals surface area contributed by atoms with Crippen LogP contribution >= 0.6 is 11.8 Å². The number of likely N-dealkylation sites (N-methyl/N-ethyl adjacent to an activating group) is 1. The molecule has 1 amide bonds. The molecule has 8 heteroatoms. The van der Waals surface area contributed by atoms with Crippen LogP contribution < -0.4 is 19.7 Å². The lowest BCUT2D eigenvalue weighted by molar-refractivity contribution is -0.885. The molecule has 1 atom stereocenters. The lowest BCUT2D eigenvalue weighted by Crippen LogP contribution is -3.08. The Hall–Kier alpha value is -2.32. The Kier molecular flexibility index (Phi) is 7.87. The van der Waals surface area contributed by atoms with E-state index < -0.39 is 6.61 Å². The number of quaternary nitrogens is 1. The molecule has 2 N–H and O–H groups in total. The first-order valence-corrected chi connectivity index (χ1v) is 9.51. The number of hydrogen-bond donors (Lipinski definition) is 2. The number of para-hydroxylation sites is 1. The highest BCUT2D eigenvalue weighted by Crippen LogP contribution is 2.29. The van der Waals surface area contributed by atoms with E-state index in [1.165, 1.54) is 13.2 Å². The van der Waals surface area contributed by atoms with E-state index in [4.69, 9.17) is 4.74 Å². The Balaban J connectivity index is 1.96. The molecule has 2 aromatic carbocycles. The Morgan fingerprint density at radius 3 is 2.63 bits per heavy atom. The molecule has 0 saturated carbocycles. The van der Waals surface area contributed by atoms with Crippen molar-refractivity contribution in [3.8, 4) is 11.5 Å². The molecule has 0 saturated heterocycles. The Morgan fingerprint density at radius 1 is 1.22 bits per heavy atom. The van der Waals surface area contributed by atoms with Gasteiger partial charge in [0.15, 0.2) is 18.0 Å². The van der Waals surface area contributed by atoms with Gasteiger partial charge in [0.25, 0.3) is 5.91 Å². The maximum atomic E-state index is 12.4. The average molecular weight is 397 g/mol. The van der Waals surface area contributed by atoms with Gasteiger partial charge in [-0.3, -0.25) is 4.79 Å². The highest BCUT2D eigenvalue weighted by atomic mass is 32.2. The van der Waals surface area contributed by atoms with Crippen molar-refractivity contribution in [2.45, 2.75) is 18.1 Å². The second-order valence-electron chi connectivity index (χ2n) is 5.92. The fourth-order valence-electron chi connectivity index (χ4n) is 2.64. The van der Waals surface area contributed by atoms with Crippen LogP contribution in [0.4, 0.5) is 14.5 Å². The van der Waals surface area contributed by atoms with Crippen molar-refractivity contribution in [3.05, 3.63) is 48.0 Å². The minimum absolute atomic E-state index is 0.0136. The van der Waals surface area contributed by atoms with Gasteiger partial charge in [-0.25, -0.2) is 0 Å². The molecule has 146 valence electrons. The van der Waals surface area contributed by atoms with Crippen LogP contribution in [0.2, 0.25) is 0 Å². The number of carbonyl (C=O) groups is 1. The van der Waals surface area contributed by atoms with Gasteiger partial charge in [0.2, 0.25) is 0 Å². The molecule has 0 fully saturated rings. The third-order valence-corrected chi connectivity index (χ3v) is 4.59. The summed E-state index contributed by atoms with van der Waals surface area (Å²) in [5.74, 6) is 0.123. The number of nitrogens with one attached hydrogen (secondary N) is 2. The number of alkyl halides is 2. The third-order valence-electron chi connectivity index (χ3n) is 3.79. The van der Waals surface area contributed by atoms with Crippen LogP contribution in [0.3, 0.4) is 0 Å². The number of ether oxygens (including phenoxy) is 2. The van der Waals surface area contributed by atoms with Crippen molar-refractivity contribution in [1.29, 1.82) is 0 Å². The van der Waals surface area contributed by atoms with E-state index in [2.05, 4.69) is 10.1 Å².